The molecule has 0 unspecified atom stereocenters. The van der Waals surface area contributed by atoms with Crippen LogP contribution >= 0.6 is 0 Å². The average Bonchev–Trinajstić information content (AvgIpc) is 2.96. The number of H-pyrrole nitrogens is 1. The number of carbonyl (C=O) groups is 1. The van der Waals surface area contributed by atoms with Gasteiger partial charge in [-0.1, -0.05) is 0 Å². The maximum atomic E-state index is 11.8. The van der Waals surface area contributed by atoms with Gasteiger partial charge in [-0.3, -0.25) is 14.6 Å². The highest BCUT2D eigenvalue weighted by Crippen LogP contribution is 2.10. The monoisotopic (exact) mass is 276 g/mol. The van der Waals surface area contributed by atoms with E-state index in [4.69, 9.17) is 0 Å². The van der Waals surface area contributed by atoms with Crippen LogP contribution in [0.2, 0.25) is 0 Å². The van der Waals surface area contributed by atoms with E-state index in [1.165, 1.54) is 6.33 Å². The quantitative estimate of drug-likeness (QED) is 0.801. The Morgan fingerprint density at radius 1 is 1.40 bits per heavy atom. The normalized spacial score (nSPS) is 10.8. The molecule has 2 aromatic heterocycles. The molecule has 20 heavy (non-hydrogen) atoms. The van der Waals surface area contributed by atoms with E-state index in [-0.39, 0.29) is 5.91 Å². The highest BCUT2D eigenvalue weighted by Gasteiger charge is 2.08. The summed E-state index contributed by atoms with van der Waals surface area (Å²) in [6.07, 6.45) is 3.30. The molecule has 2 rings (SSSR count). The summed E-state index contributed by atoms with van der Waals surface area (Å²) in [6.45, 7) is 4.57. The van der Waals surface area contributed by atoms with Crippen molar-refractivity contribution < 1.29 is 4.79 Å². The second-order valence-electron chi connectivity index (χ2n) is 4.82. The fourth-order valence-electron chi connectivity index (χ4n) is 1.96. The maximum Gasteiger partial charge on any atom is 0.220 e. The van der Waals surface area contributed by atoms with Crippen LogP contribution in [-0.2, 0) is 24.7 Å². The lowest BCUT2D eigenvalue weighted by atomic mass is 10.1. The molecule has 0 aliphatic heterocycles. The van der Waals surface area contributed by atoms with E-state index in [0.29, 0.717) is 25.8 Å². The maximum absolute atomic E-state index is 11.8. The molecule has 0 saturated heterocycles. The van der Waals surface area contributed by atoms with Gasteiger partial charge in [0.05, 0.1) is 5.69 Å². The van der Waals surface area contributed by atoms with Crippen LogP contribution in [0.3, 0.4) is 0 Å². The Kier molecular flexibility index (Phi) is 4.49. The number of carbonyl (C=O) groups excluding carboxylic acids is 1. The van der Waals surface area contributed by atoms with Crippen LogP contribution in [0.25, 0.3) is 0 Å². The van der Waals surface area contributed by atoms with Crippen LogP contribution in [0.4, 0.5) is 0 Å². The van der Waals surface area contributed by atoms with Crippen molar-refractivity contribution in [2.75, 3.05) is 6.54 Å². The first-order valence-corrected chi connectivity index (χ1v) is 6.68. The van der Waals surface area contributed by atoms with Gasteiger partial charge in [0.2, 0.25) is 5.91 Å². The Balaban J connectivity index is 1.71. The molecule has 0 bridgehead atoms. The number of nitrogens with zero attached hydrogens (tertiary/aromatic N) is 4. The first kappa shape index (κ1) is 14.2. The number of aromatic nitrogens is 5. The highest BCUT2D eigenvalue weighted by atomic mass is 16.1. The lowest BCUT2D eigenvalue weighted by Crippen LogP contribution is -2.26. The Morgan fingerprint density at radius 3 is 2.80 bits per heavy atom. The van der Waals surface area contributed by atoms with Gasteiger partial charge in [0, 0.05) is 38.5 Å². The van der Waals surface area contributed by atoms with E-state index in [2.05, 4.69) is 25.6 Å². The number of amides is 1. The number of aryl methyl sites for hydroxylation is 3. The number of hydrogen-bond donors (Lipinski definition) is 2. The van der Waals surface area contributed by atoms with Crippen LogP contribution in [-0.4, -0.2) is 37.4 Å². The van der Waals surface area contributed by atoms with E-state index in [0.717, 1.165) is 22.8 Å². The minimum absolute atomic E-state index is 0.0345. The van der Waals surface area contributed by atoms with Crippen molar-refractivity contribution in [3.8, 4) is 0 Å². The molecule has 0 saturated carbocycles. The molecular weight excluding hydrogens is 256 g/mol. The predicted octanol–water partition coefficient (Wildman–Crippen LogP) is 0.447. The molecule has 7 nitrogen and oxygen atoms in total. The first-order chi connectivity index (χ1) is 9.58. The smallest absolute Gasteiger partial charge is 0.220 e. The molecule has 0 atom stereocenters. The summed E-state index contributed by atoms with van der Waals surface area (Å²) in [4.78, 5) is 15.9. The molecule has 0 aromatic carbocycles. The van der Waals surface area contributed by atoms with E-state index < -0.39 is 0 Å². The third-order valence-corrected chi connectivity index (χ3v) is 3.42. The van der Waals surface area contributed by atoms with Crippen LogP contribution < -0.4 is 5.32 Å². The first-order valence-electron chi connectivity index (χ1n) is 6.68. The molecule has 1 amide bonds. The highest BCUT2D eigenvalue weighted by molar-refractivity contribution is 5.76. The van der Waals surface area contributed by atoms with Gasteiger partial charge in [0.15, 0.2) is 0 Å². The summed E-state index contributed by atoms with van der Waals surface area (Å²) < 4.78 is 1.71. The van der Waals surface area contributed by atoms with Crippen molar-refractivity contribution in [3.05, 3.63) is 29.1 Å². The molecular formula is C13H20N6O. The molecule has 0 spiro atoms. The minimum Gasteiger partial charge on any atom is -0.356 e. The number of aromatic amines is 1. The van der Waals surface area contributed by atoms with Gasteiger partial charge in [-0.25, -0.2) is 4.98 Å². The molecule has 0 fully saturated rings. The molecule has 0 aliphatic rings. The van der Waals surface area contributed by atoms with Crippen LogP contribution in [0.1, 0.15) is 29.2 Å². The summed E-state index contributed by atoms with van der Waals surface area (Å²) in [5, 5.41) is 14.0. The fourth-order valence-corrected chi connectivity index (χ4v) is 1.96. The van der Waals surface area contributed by atoms with Gasteiger partial charge in [-0.05, 0) is 19.4 Å². The van der Waals surface area contributed by atoms with Crippen molar-refractivity contribution in [3.63, 3.8) is 0 Å². The zero-order chi connectivity index (χ0) is 14.5. The van der Waals surface area contributed by atoms with E-state index in [1.807, 2.05) is 20.9 Å². The Morgan fingerprint density at radius 2 is 2.20 bits per heavy atom. The van der Waals surface area contributed by atoms with Crippen molar-refractivity contribution in [1.29, 1.82) is 0 Å². The van der Waals surface area contributed by atoms with Crippen molar-refractivity contribution >= 4 is 5.91 Å². The summed E-state index contributed by atoms with van der Waals surface area (Å²) in [6, 6.07) is 0. The fraction of sp³-hybridized carbons (Fsp3) is 0.538. The Hall–Kier alpha value is -2.18. The lowest BCUT2D eigenvalue weighted by Gasteiger charge is -2.04. The molecule has 2 aromatic rings. The van der Waals surface area contributed by atoms with E-state index in [9.17, 15) is 4.79 Å². The van der Waals surface area contributed by atoms with Crippen molar-refractivity contribution in [2.24, 2.45) is 7.05 Å². The summed E-state index contributed by atoms with van der Waals surface area (Å²) in [5.74, 6) is 0.899. The zero-order valence-electron chi connectivity index (χ0n) is 12.1. The summed E-state index contributed by atoms with van der Waals surface area (Å²) in [7, 11) is 1.84. The van der Waals surface area contributed by atoms with Crippen LogP contribution in [0.15, 0.2) is 6.33 Å². The van der Waals surface area contributed by atoms with Gasteiger partial charge in [-0.2, -0.15) is 10.2 Å². The molecule has 0 radical (unpaired) electrons. The van der Waals surface area contributed by atoms with Crippen molar-refractivity contribution in [2.45, 2.75) is 33.1 Å². The topological polar surface area (TPSA) is 88.5 Å². The zero-order valence-corrected chi connectivity index (χ0v) is 12.1. The molecule has 7 heteroatoms. The summed E-state index contributed by atoms with van der Waals surface area (Å²) >= 11 is 0. The third-order valence-electron chi connectivity index (χ3n) is 3.42. The second kappa shape index (κ2) is 6.31. The number of nitrogens with one attached hydrogen (secondary N) is 2. The SMILES string of the molecule is Cc1[nH]nc(CCC(=O)NCCc2ncnn2C)c1C. The number of rotatable bonds is 6. The molecule has 2 heterocycles. The van der Waals surface area contributed by atoms with Gasteiger partial charge in [0.25, 0.3) is 0 Å². The average molecular weight is 276 g/mol. The predicted molar refractivity (Wildman–Crippen MR) is 74.1 cm³/mol. The largest absolute Gasteiger partial charge is 0.356 e. The minimum atomic E-state index is 0.0345. The molecule has 108 valence electrons. The molecule has 0 aliphatic carbocycles. The van der Waals surface area contributed by atoms with E-state index in [1.54, 1.807) is 4.68 Å². The van der Waals surface area contributed by atoms with Gasteiger partial charge in [-0.15, -0.1) is 0 Å². The lowest BCUT2D eigenvalue weighted by molar-refractivity contribution is -0.121. The van der Waals surface area contributed by atoms with Crippen LogP contribution in [0, 0.1) is 13.8 Å². The van der Waals surface area contributed by atoms with Crippen molar-refractivity contribution in [1.82, 2.24) is 30.3 Å². The van der Waals surface area contributed by atoms with Gasteiger partial charge < -0.3 is 5.32 Å². The Bertz CT molecular complexity index is 585. The Labute approximate surface area is 117 Å². The van der Waals surface area contributed by atoms with Crippen LogP contribution in [0.5, 0.6) is 0 Å². The van der Waals surface area contributed by atoms with Gasteiger partial charge >= 0.3 is 0 Å². The number of hydrogen-bond acceptors (Lipinski definition) is 4. The molecule has 2 N–H and O–H groups in total. The second-order valence-corrected chi connectivity index (χ2v) is 4.82. The summed E-state index contributed by atoms with van der Waals surface area (Å²) in [5.41, 5.74) is 3.16. The third kappa shape index (κ3) is 3.43. The van der Waals surface area contributed by atoms with E-state index >= 15 is 0 Å². The van der Waals surface area contributed by atoms with Gasteiger partial charge in [0.1, 0.15) is 12.2 Å². The standard InChI is InChI=1S/C13H20N6O/c1-9-10(2)17-18-11(9)4-5-13(20)14-7-6-12-15-8-16-19(12)3/h8H,4-7H2,1-3H3,(H,14,20)(H,17,18).